The van der Waals surface area contributed by atoms with Gasteiger partial charge in [0, 0.05) is 29.7 Å². The first-order valence-corrected chi connectivity index (χ1v) is 10.8. The zero-order valence-electron chi connectivity index (χ0n) is 17.4. The Morgan fingerprint density at radius 3 is 2.55 bits per heavy atom. The number of carbonyl (C=O) groups excluding carboxylic acids is 2. The van der Waals surface area contributed by atoms with Crippen molar-refractivity contribution in [1.82, 2.24) is 14.5 Å². The number of hydrogen-bond acceptors (Lipinski definition) is 5. The van der Waals surface area contributed by atoms with E-state index in [1.807, 2.05) is 35.8 Å². The number of amides is 1. The van der Waals surface area contributed by atoms with Crippen molar-refractivity contribution in [3.63, 3.8) is 0 Å². The number of hydrogen-bond donors (Lipinski definition) is 1. The minimum Gasteiger partial charge on any atom is -0.450 e. The number of likely N-dealkylation sites (tertiary alicyclic amines) is 1. The van der Waals surface area contributed by atoms with E-state index >= 15 is 0 Å². The Bertz CT molecular complexity index is 1070. The maximum absolute atomic E-state index is 12.9. The van der Waals surface area contributed by atoms with Crippen LogP contribution in [0.1, 0.15) is 30.1 Å². The van der Waals surface area contributed by atoms with Crippen LogP contribution in [-0.4, -0.2) is 52.1 Å². The van der Waals surface area contributed by atoms with Crippen molar-refractivity contribution in [2.24, 2.45) is 0 Å². The number of fused-ring (bicyclic) bond motifs is 1. The normalized spacial score (nSPS) is 14.6. The molecule has 7 nitrogen and oxygen atoms in total. The van der Waals surface area contributed by atoms with E-state index in [0.717, 1.165) is 23.9 Å². The zero-order chi connectivity index (χ0) is 21.8. The Kier molecular flexibility index (Phi) is 6.42. The summed E-state index contributed by atoms with van der Waals surface area (Å²) in [5.74, 6) is 0.651. The van der Waals surface area contributed by atoms with E-state index in [0.29, 0.717) is 36.2 Å². The lowest BCUT2D eigenvalue weighted by molar-refractivity contribution is 0.0965. The van der Waals surface area contributed by atoms with Crippen LogP contribution in [-0.2, 0) is 11.3 Å². The summed E-state index contributed by atoms with van der Waals surface area (Å²) in [5.41, 5.74) is 2.34. The van der Waals surface area contributed by atoms with Gasteiger partial charge in [0.05, 0.1) is 24.2 Å². The van der Waals surface area contributed by atoms with Crippen LogP contribution in [0.5, 0.6) is 0 Å². The second-order valence-corrected chi connectivity index (χ2v) is 7.98. The molecule has 1 aromatic heterocycles. The number of Topliss-reactive ketones (excluding diaryl/α,β-unsaturated/α-hetero) is 1. The summed E-state index contributed by atoms with van der Waals surface area (Å²) >= 11 is 5.95. The van der Waals surface area contributed by atoms with Gasteiger partial charge in [-0.15, -0.1) is 0 Å². The van der Waals surface area contributed by atoms with Crippen LogP contribution in [0.15, 0.2) is 48.5 Å². The molecule has 8 heteroatoms. The third kappa shape index (κ3) is 4.82. The SMILES string of the molecule is CCOC(=O)N1CCC(Nc2nc3ccccc3n2CC(=O)c2ccc(Cl)cc2)CC1. The predicted molar refractivity (Wildman–Crippen MR) is 121 cm³/mol. The third-order valence-electron chi connectivity index (χ3n) is 5.48. The van der Waals surface area contributed by atoms with E-state index in [9.17, 15) is 9.59 Å². The lowest BCUT2D eigenvalue weighted by Crippen LogP contribution is -2.43. The van der Waals surface area contributed by atoms with Gasteiger partial charge in [-0.05, 0) is 56.2 Å². The molecule has 1 aliphatic rings. The van der Waals surface area contributed by atoms with E-state index in [2.05, 4.69) is 5.32 Å². The van der Waals surface area contributed by atoms with Crippen molar-refractivity contribution in [1.29, 1.82) is 0 Å². The number of halogens is 1. The first-order valence-electron chi connectivity index (χ1n) is 10.5. The molecule has 0 aliphatic carbocycles. The minimum absolute atomic E-state index is 0.0139. The molecule has 1 saturated heterocycles. The highest BCUT2D eigenvalue weighted by Crippen LogP contribution is 2.23. The number of aromatic nitrogens is 2. The second-order valence-electron chi connectivity index (χ2n) is 7.54. The summed E-state index contributed by atoms with van der Waals surface area (Å²) in [5, 5.41) is 4.09. The minimum atomic E-state index is -0.262. The van der Waals surface area contributed by atoms with Crippen LogP contribution >= 0.6 is 11.6 Å². The van der Waals surface area contributed by atoms with E-state index in [-0.39, 0.29) is 24.5 Å². The number of piperidine rings is 1. The van der Waals surface area contributed by atoms with E-state index < -0.39 is 0 Å². The van der Waals surface area contributed by atoms with Crippen LogP contribution in [0, 0.1) is 0 Å². The molecule has 4 rings (SSSR count). The monoisotopic (exact) mass is 440 g/mol. The third-order valence-corrected chi connectivity index (χ3v) is 5.73. The highest BCUT2D eigenvalue weighted by Gasteiger charge is 2.25. The highest BCUT2D eigenvalue weighted by molar-refractivity contribution is 6.30. The molecule has 1 fully saturated rings. The molecule has 0 saturated carbocycles. The van der Waals surface area contributed by atoms with Crippen molar-refractivity contribution >= 4 is 40.5 Å². The summed E-state index contributed by atoms with van der Waals surface area (Å²) in [6.45, 7) is 3.61. The zero-order valence-corrected chi connectivity index (χ0v) is 18.1. The molecular weight excluding hydrogens is 416 g/mol. The predicted octanol–water partition coefficient (Wildman–Crippen LogP) is 4.61. The van der Waals surface area contributed by atoms with Gasteiger partial charge in [-0.2, -0.15) is 0 Å². The van der Waals surface area contributed by atoms with Crippen molar-refractivity contribution in [2.45, 2.75) is 32.4 Å². The van der Waals surface area contributed by atoms with Crippen molar-refractivity contribution in [3.05, 3.63) is 59.1 Å². The van der Waals surface area contributed by atoms with Gasteiger partial charge >= 0.3 is 6.09 Å². The molecule has 0 atom stereocenters. The highest BCUT2D eigenvalue weighted by atomic mass is 35.5. The van der Waals surface area contributed by atoms with Crippen LogP contribution in [0.4, 0.5) is 10.7 Å². The van der Waals surface area contributed by atoms with E-state index in [1.165, 1.54) is 0 Å². The molecule has 31 heavy (non-hydrogen) atoms. The summed E-state index contributed by atoms with van der Waals surface area (Å²) in [4.78, 5) is 31.3. The van der Waals surface area contributed by atoms with Crippen LogP contribution in [0.2, 0.25) is 5.02 Å². The van der Waals surface area contributed by atoms with Gasteiger partial charge in [0.25, 0.3) is 0 Å². The molecule has 2 heterocycles. The molecule has 0 bridgehead atoms. The Labute approximate surface area is 186 Å². The first-order chi connectivity index (χ1) is 15.0. The van der Waals surface area contributed by atoms with Gasteiger partial charge in [0.2, 0.25) is 5.95 Å². The molecule has 0 unspecified atom stereocenters. The summed E-state index contributed by atoms with van der Waals surface area (Å²) in [6, 6.07) is 14.8. The van der Waals surface area contributed by atoms with Crippen molar-refractivity contribution in [3.8, 4) is 0 Å². The van der Waals surface area contributed by atoms with Gasteiger partial charge in [0.1, 0.15) is 0 Å². The van der Waals surface area contributed by atoms with Gasteiger partial charge in [0.15, 0.2) is 5.78 Å². The van der Waals surface area contributed by atoms with Gasteiger partial charge in [-0.3, -0.25) is 4.79 Å². The smallest absolute Gasteiger partial charge is 0.409 e. The fraction of sp³-hybridized carbons (Fsp3) is 0.348. The second kappa shape index (κ2) is 9.39. The summed E-state index contributed by atoms with van der Waals surface area (Å²) < 4.78 is 7.01. The number of ketones is 1. The summed E-state index contributed by atoms with van der Waals surface area (Å²) in [6.07, 6.45) is 1.31. The Balaban J connectivity index is 1.51. The van der Waals surface area contributed by atoms with Crippen molar-refractivity contribution in [2.75, 3.05) is 25.0 Å². The molecular formula is C23H25ClN4O3. The molecule has 1 aliphatic heterocycles. The number of rotatable bonds is 6. The number of para-hydroxylation sites is 2. The molecule has 162 valence electrons. The fourth-order valence-electron chi connectivity index (χ4n) is 3.82. The van der Waals surface area contributed by atoms with Gasteiger partial charge < -0.3 is 19.5 Å². The number of anilines is 1. The van der Waals surface area contributed by atoms with Crippen LogP contribution in [0.3, 0.4) is 0 Å². The molecule has 3 aromatic rings. The molecule has 0 spiro atoms. The van der Waals surface area contributed by atoms with E-state index in [4.69, 9.17) is 21.3 Å². The number of benzene rings is 2. The maximum Gasteiger partial charge on any atom is 0.409 e. The number of carbonyl (C=O) groups is 2. The summed E-state index contributed by atoms with van der Waals surface area (Å²) in [7, 11) is 0. The number of imidazole rings is 1. The average Bonchev–Trinajstić information content (AvgIpc) is 3.12. The quantitative estimate of drug-likeness (QED) is 0.566. The standard InChI is InChI=1S/C23H25ClN4O3/c1-2-31-23(30)27-13-11-18(12-14-27)25-22-26-19-5-3-4-6-20(19)28(22)15-21(29)16-7-9-17(24)10-8-16/h3-10,18H,2,11-15H2,1H3,(H,25,26). The van der Waals surface area contributed by atoms with E-state index in [1.54, 1.807) is 29.2 Å². The number of nitrogens with one attached hydrogen (secondary N) is 1. The topological polar surface area (TPSA) is 76.5 Å². The maximum atomic E-state index is 12.9. The van der Waals surface area contributed by atoms with Crippen molar-refractivity contribution < 1.29 is 14.3 Å². The Morgan fingerprint density at radius 1 is 1.13 bits per heavy atom. The largest absolute Gasteiger partial charge is 0.450 e. The lowest BCUT2D eigenvalue weighted by Gasteiger charge is -2.31. The molecule has 1 amide bonds. The Morgan fingerprint density at radius 2 is 1.84 bits per heavy atom. The number of ether oxygens (including phenoxy) is 1. The average molecular weight is 441 g/mol. The first kappa shape index (κ1) is 21.2. The Hall–Kier alpha value is -3.06. The van der Waals surface area contributed by atoms with Crippen LogP contribution < -0.4 is 5.32 Å². The fourth-order valence-corrected chi connectivity index (χ4v) is 3.95. The molecule has 2 aromatic carbocycles. The molecule has 1 N–H and O–H groups in total. The van der Waals surface area contributed by atoms with Gasteiger partial charge in [-0.1, -0.05) is 23.7 Å². The van der Waals surface area contributed by atoms with Gasteiger partial charge in [-0.25, -0.2) is 9.78 Å². The number of nitrogens with zero attached hydrogens (tertiary/aromatic N) is 3. The van der Waals surface area contributed by atoms with Crippen LogP contribution in [0.25, 0.3) is 11.0 Å². The molecule has 0 radical (unpaired) electrons. The lowest BCUT2D eigenvalue weighted by atomic mass is 10.1.